The zero-order valence-electron chi connectivity index (χ0n) is 15.4. The Morgan fingerprint density at radius 1 is 0.964 bits per heavy atom. The van der Waals surface area contributed by atoms with Crippen LogP contribution >= 0.6 is 0 Å². The van der Waals surface area contributed by atoms with Crippen LogP contribution in [0.1, 0.15) is 36.0 Å². The summed E-state index contributed by atoms with van der Waals surface area (Å²) >= 11 is 0. The molecule has 1 saturated heterocycles. The van der Waals surface area contributed by atoms with Crippen LogP contribution in [-0.2, 0) is 9.53 Å². The van der Waals surface area contributed by atoms with E-state index in [1.165, 1.54) is 25.7 Å². The Bertz CT molecular complexity index is 832. The van der Waals surface area contributed by atoms with Gasteiger partial charge in [0.15, 0.2) is 6.61 Å². The molecule has 2 aromatic rings. The van der Waals surface area contributed by atoms with Crippen molar-refractivity contribution in [1.82, 2.24) is 0 Å². The number of halogens is 2. The van der Waals surface area contributed by atoms with E-state index >= 15 is 0 Å². The monoisotopic (exact) mass is 388 g/mol. The quantitative estimate of drug-likeness (QED) is 0.782. The van der Waals surface area contributed by atoms with Gasteiger partial charge in [-0.25, -0.2) is 13.6 Å². The van der Waals surface area contributed by atoms with Gasteiger partial charge in [-0.15, -0.1) is 0 Å². The molecule has 0 aromatic heterocycles. The lowest BCUT2D eigenvalue weighted by Gasteiger charge is -2.22. The molecule has 0 unspecified atom stereocenters. The molecule has 1 N–H and O–H groups in total. The number of hydrogen-bond donors (Lipinski definition) is 1. The number of carbonyl (C=O) groups is 2. The maximum Gasteiger partial charge on any atom is 0.341 e. The predicted octanol–water partition coefficient (Wildman–Crippen LogP) is 4.14. The second-order valence-electron chi connectivity index (χ2n) is 6.70. The molecule has 0 saturated carbocycles. The van der Waals surface area contributed by atoms with Crippen molar-refractivity contribution in [2.75, 3.05) is 29.9 Å². The van der Waals surface area contributed by atoms with Crippen LogP contribution in [0.4, 0.5) is 20.2 Å². The van der Waals surface area contributed by atoms with Crippen molar-refractivity contribution < 1.29 is 23.1 Å². The molecule has 1 aliphatic heterocycles. The van der Waals surface area contributed by atoms with Crippen LogP contribution in [0.15, 0.2) is 42.5 Å². The molecule has 0 radical (unpaired) electrons. The predicted molar refractivity (Wildman–Crippen MR) is 102 cm³/mol. The van der Waals surface area contributed by atoms with Gasteiger partial charge in [-0.3, -0.25) is 4.79 Å². The van der Waals surface area contributed by atoms with Crippen molar-refractivity contribution in [2.45, 2.75) is 25.7 Å². The number of anilines is 2. The lowest BCUT2D eigenvalue weighted by atomic mass is 10.2. The molecule has 1 heterocycles. The van der Waals surface area contributed by atoms with Gasteiger partial charge in [0.25, 0.3) is 5.91 Å². The second-order valence-corrected chi connectivity index (χ2v) is 6.70. The molecule has 0 spiro atoms. The van der Waals surface area contributed by atoms with E-state index in [1.807, 2.05) is 12.1 Å². The lowest BCUT2D eigenvalue weighted by Crippen LogP contribution is -2.24. The average molecular weight is 388 g/mol. The minimum Gasteiger partial charge on any atom is -0.452 e. The Balaban J connectivity index is 1.51. The summed E-state index contributed by atoms with van der Waals surface area (Å²) in [5.74, 6) is -3.40. The van der Waals surface area contributed by atoms with E-state index in [4.69, 9.17) is 4.74 Å². The molecule has 1 aliphatic rings. The number of nitrogens with zero attached hydrogens (tertiary/aromatic N) is 1. The summed E-state index contributed by atoms with van der Waals surface area (Å²) in [5.41, 5.74) is 1.27. The van der Waals surface area contributed by atoms with Crippen molar-refractivity contribution in [1.29, 1.82) is 0 Å². The largest absolute Gasteiger partial charge is 0.452 e. The Hall–Kier alpha value is -2.96. The van der Waals surface area contributed by atoms with E-state index < -0.39 is 35.7 Å². The van der Waals surface area contributed by atoms with Gasteiger partial charge >= 0.3 is 5.97 Å². The van der Waals surface area contributed by atoms with Crippen LogP contribution < -0.4 is 10.2 Å². The van der Waals surface area contributed by atoms with Crippen LogP contribution in [0.3, 0.4) is 0 Å². The number of benzene rings is 2. The zero-order chi connectivity index (χ0) is 19.9. The van der Waals surface area contributed by atoms with Crippen LogP contribution in [0.25, 0.3) is 0 Å². The highest BCUT2D eigenvalue weighted by Gasteiger charge is 2.16. The first kappa shape index (κ1) is 19.8. The van der Waals surface area contributed by atoms with Gasteiger partial charge in [-0.1, -0.05) is 12.8 Å². The summed E-state index contributed by atoms with van der Waals surface area (Å²) in [7, 11) is 0. The summed E-state index contributed by atoms with van der Waals surface area (Å²) in [4.78, 5) is 26.1. The maximum atomic E-state index is 13.5. The standard InChI is InChI=1S/C21H22F2N2O3/c22-15-5-10-18(19(23)13-15)21(27)28-14-20(26)24-16-6-8-17(9-7-16)25-11-3-1-2-4-12-25/h5-10,13H,1-4,11-12,14H2,(H,24,26). The average Bonchev–Trinajstić information content (AvgIpc) is 2.96. The van der Waals surface area contributed by atoms with Crippen molar-refractivity contribution in [3.8, 4) is 0 Å². The number of rotatable bonds is 5. The summed E-state index contributed by atoms with van der Waals surface area (Å²) in [6, 6.07) is 9.99. The molecule has 1 amide bonds. The fraction of sp³-hybridized carbons (Fsp3) is 0.333. The fourth-order valence-electron chi connectivity index (χ4n) is 3.15. The number of amides is 1. The summed E-state index contributed by atoms with van der Waals surface area (Å²) in [5, 5.41) is 2.63. The van der Waals surface area contributed by atoms with Crippen LogP contribution in [-0.4, -0.2) is 31.6 Å². The molecule has 3 rings (SSSR count). The highest BCUT2D eigenvalue weighted by atomic mass is 19.1. The molecule has 5 nitrogen and oxygen atoms in total. The first-order chi connectivity index (χ1) is 13.5. The second kappa shape index (κ2) is 9.30. The van der Waals surface area contributed by atoms with Crippen LogP contribution in [0.2, 0.25) is 0 Å². The Morgan fingerprint density at radius 3 is 2.29 bits per heavy atom. The number of esters is 1. The lowest BCUT2D eigenvalue weighted by molar-refractivity contribution is -0.119. The number of ether oxygens (including phenoxy) is 1. The molecule has 2 aromatic carbocycles. The Morgan fingerprint density at radius 2 is 1.64 bits per heavy atom. The van der Waals surface area contributed by atoms with E-state index in [0.29, 0.717) is 11.8 Å². The third kappa shape index (κ3) is 5.28. The fourth-order valence-corrected chi connectivity index (χ4v) is 3.15. The molecule has 0 aliphatic carbocycles. The van der Waals surface area contributed by atoms with Gasteiger partial charge in [0, 0.05) is 30.5 Å². The van der Waals surface area contributed by atoms with Gasteiger partial charge in [-0.2, -0.15) is 0 Å². The summed E-state index contributed by atoms with van der Waals surface area (Å²) in [6.45, 7) is 1.49. The van der Waals surface area contributed by atoms with Gasteiger partial charge in [-0.05, 0) is 49.2 Å². The third-order valence-electron chi connectivity index (χ3n) is 4.61. The van der Waals surface area contributed by atoms with Gasteiger partial charge in [0.05, 0.1) is 5.56 Å². The molecular formula is C21H22F2N2O3. The highest BCUT2D eigenvalue weighted by Crippen LogP contribution is 2.21. The topological polar surface area (TPSA) is 58.6 Å². The zero-order valence-corrected chi connectivity index (χ0v) is 15.4. The molecule has 0 bridgehead atoms. The normalized spacial score (nSPS) is 14.3. The van der Waals surface area contributed by atoms with E-state index in [9.17, 15) is 18.4 Å². The third-order valence-corrected chi connectivity index (χ3v) is 4.61. The van der Waals surface area contributed by atoms with Gasteiger partial charge < -0.3 is 15.0 Å². The van der Waals surface area contributed by atoms with Crippen LogP contribution in [0.5, 0.6) is 0 Å². The molecule has 1 fully saturated rings. The number of nitrogens with one attached hydrogen (secondary N) is 1. The minimum absolute atomic E-state index is 0.420. The summed E-state index contributed by atoms with van der Waals surface area (Å²) < 4.78 is 31.2. The molecule has 28 heavy (non-hydrogen) atoms. The van der Waals surface area contributed by atoms with Gasteiger partial charge in [0.1, 0.15) is 11.6 Å². The smallest absolute Gasteiger partial charge is 0.341 e. The Labute approximate surface area is 162 Å². The SMILES string of the molecule is O=C(COC(=O)c1ccc(F)cc1F)Nc1ccc(N2CCCCCC2)cc1. The minimum atomic E-state index is -1.03. The van der Waals surface area contributed by atoms with E-state index in [1.54, 1.807) is 12.1 Å². The van der Waals surface area contributed by atoms with Crippen LogP contribution in [0, 0.1) is 11.6 Å². The van der Waals surface area contributed by atoms with E-state index in [-0.39, 0.29) is 0 Å². The van der Waals surface area contributed by atoms with E-state index in [2.05, 4.69) is 10.2 Å². The van der Waals surface area contributed by atoms with Crippen molar-refractivity contribution in [2.24, 2.45) is 0 Å². The van der Waals surface area contributed by atoms with Crippen molar-refractivity contribution in [3.63, 3.8) is 0 Å². The van der Waals surface area contributed by atoms with Gasteiger partial charge in [0.2, 0.25) is 0 Å². The van der Waals surface area contributed by atoms with E-state index in [0.717, 1.165) is 30.9 Å². The molecule has 7 heteroatoms. The first-order valence-electron chi connectivity index (χ1n) is 9.30. The number of hydrogen-bond acceptors (Lipinski definition) is 4. The molecule has 148 valence electrons. The van der Waals surface area contributed by atoms with Crippen molar-refractivity contribution >= 4 is 23.3 Å². The highest BCUT2D eigenvalue weighted by molar-refractivity contribution is 5.95. The molecule has 0 atom stereocenters. The molecular weight excluding hydrogens is 366 g/mol. The first-order valence-corrected chi connectivity index (χ1v) is 9.30. The van der Waals surface area contributed by atoms with Crippen molar-refractivity contribution in [3.05, 3.63) is 59.7 Å². The number of carbonyl (C=O) groups excluding carboxylic acids is 2. The maximum absolute atomic E-state index is 13.5. The Kier molecular flexibility index (Phi) is 6.57. The summed E-state index contributed by atoms with van der Waals surface area (Å²) in [6.07, 6.45) is 4.87.